The number of nitrogens with zero attached hydrogens (tertiary/aromatic N) is 2. The zero-order valence-electron chi connectivity index (χ0n) is 10.4. The summed E-state index contributed by atoms with van der Waals surface area (Å²) in [5.41, 5.74) is 5.65. The van der Waals surface area contributed by atoms with Gasteiger partial charge in [-0.3, -0.25) is 8.61 Å². The van der Waals surface area contributed by atoms with Gasteiger partial charge in [-0.05, 0) is 6.92 Å². The molecule has 0 aliphatic carbocycles. The summed E-state index contributed by atoms with van der Waals surface area (Å²) in [6.45, 7) is 1.79. The van der Waals surface area contributed by atoms with E-state index in [2.05, 4.69) is 9.71 Å². The summed E-state index contributed by atoms with van der Waals surface area (Å²) in [7, 11) is -4.87. The maximum atomic E-state index is 12.2. The Morgan fingerprint density at radius 2 is 2.32 bits per heavy atom. The van der Waals surface area contributed by atoms with Crippen molar-refractivity contribution >= 4 is 42.9 Å². The highest BCUT2D eigenvalue weighted by molar-refractivity contribution is 7.89. The maximum Gasteiger partial charge on any atom is 0.260 e. The quantitative estimate of drug-likeness (QED) is 0.807. The highest BCUT2D eigenvalue weighted by atomic mass is 32.2. The third kappa shape index (κ3) is 2.81. The molecule has 106 valence electrons. The first-order chi connectivity index (χ1) is 8.83. The molecule has 0 spiro atoms. The van der Waals surface area contributed by atoms with Gasteiger partial charge in [0, 0.05) is 40.4 Å². The molecule has 0 amide bonds. The molecule has 2 heterocycles. The maximum absolute atomic E-state index is 12.2. The van der Waals surface area contributed by atoms with Crippen molar-refractivity contribution in [3.63, 3.8) is 0 Å². The largest absolute Gasteiger partial charge is 0.381 e. The molecular formula is C9H14N4O3S3. The fourth-order valence-corrected chi connectivity index (χ4v) is 4.00. The minimum atomic E-state index is -3.78. The first-order valence-electron chi connectivity index (χ1n) is 5.36. The van der Waals surface area contributed by atoms with Gasteiger partial charge in [-0.2, -0.15) is 0 Å². The number of rotatable bonds is 5. The number of thiazole rings is 1. The zero-order valence-corrected chi connectivity index (χ0v) is 12.8. The molecule has 0 aliphatic rings. The van der Waals surface area contributed by atoms with Crippen LogP contribution >= 0.6 is 11.3 Å². The van der Waals surface area contributed by atoms with E-state index in [1.807, 2.05) is 0 Å². The Bertz CT molecular complexity index is 718. The number of hydrogen-bond donors (Lipinski definition) is 2. The third-order valence-electron chi connectivity index (χ3n) is 2.63. The van der Waals surface area contributed by atoms with Crippen molar-refractivity contribution in [1.82, 2.24) is 14.1 Å². The summed E-state index contributed by atoms with van der Waals surface area (Å²) in [5.74, 6) is -0.0374. The molecule has 2 atom stereocenters. The van der Waals surface area contributed by atoms with Gasteiger partial charge in [-0.15, -0.1) is 11.3 Å². The van der Waals surface area contributed by atoms with E-state index in [4.69, 9.17) is 5.73 Å². The Labute approximate surface area is 117 Å². The second-order valence-corrected chi connectivity index (χ2v) is 8.38. The van der Waals surface area contributed by atoms with Crippen LogP contribution in [0.1, 0.15) is 6.92 Å². The number of nitrogens with two attached hydrogens (primary N) is 1. The Hall–Kier alpha value is -0.970. The molecule has 2 aromatic rings. The lowest BCUT2D eigenvalue weighted by Crippen LogP contribution is -2.33. The molecule has 0 bridgehead atoms. The van der Waals surface area contributed by atoms with E-state index in [1.54, 1.807) is 18.5 Å². The predicted octanol–water partition coefficient (Wildman–Crippen LogP) is 0.0233. The van der Waals surface area contributed by atoms with Gasteiger partial charge < -0.3 is 5.73 Å². The summed E-state index contributed by atoms with van der Waals surface area (Å²) < 4.78 is 39.5. The summed E-state index contributed by atoms with van der Waals surface area (Å²) >= 11 is 1.30. The van der Waals surface area contributed by atoms with Crippen LogP contribution in [0.15, 0.2) is 16.6 Å². The van der Waals surface area contributed by atoms with Crippen molar-refractivity contribution in [2.45, 2.75) is 17.2 Å². The smallest absolute Gasteiger partial charge is 0.260 e. The molecule has 0 fully saturated rings. The molecule has 0 saturated heterocycles. The third-order valence-corrected chi connectivity index (χ3v) is 6.14. The van der Waals surface area contributed by atoms with Gasteiger partial charge in [-0.25, -0.2) is 18.1 Å². The predicted molar refractivity (Wildman–Crippen MR) is 76.2 cm³/mol. The monoisotopic (exact) mass is 322 g/mol. The average molecular weight is 322 g/mol. The molecule has 0 aromatic carbocycles. The molecule has 7 nitrogen and oxygen atoms in total. The SMILES string of the molecule is CC(CNS(=O)(=O)c1c(N)nc2sccn12)S(C)=O. The minimum Gasteiger partial charge on any atom is -0.381 e. The molecule has 19 heavy (non-hydrogen) atoms. The number of aromatic nitrogens is 2. The number of fused-ring (bicyclic) bond motifs is 1. The Morgan fingerprint density at radius 3 is 2.95 bits per heavy atom. The molecule has 0 saturated carbocycles. The molecule has 2 unspecified atom stereocenters. The molecule has 2 aromatic heterocycles. The summed E-state index contributed by atoms with van der Waals surface area (Å²) in [4.78, 5) is 4.50. The van der Waals surface area contributed by atoms with Crippen LogP contribution in [-0.2, 0) is 20.8 Å². The van der Waals surface area contributed by atoms with Gasteiger partial charge >= 0.3 is 0 Å². The highest BCUT2D eigenvalue weighted by Crippen LogP contribution is 2.22. The van der Waals surface area contributed by atoms with E-state index in [0.717, 1.165) is 0 Å². The van der Waals surface area contributed by atoms with Crippen LogP contribution in [0.5, 0.6) is 0 Å². The first-order valence-corrected chi connectivity index (χ1v) is 9.34. The summed E-state index contributed by atoms with van der Waals surface area (Å²) in [6.07, 6.45) is 3.13. The van der Waals surface area contributed by atoms with E-state index >= 15 is 0 Å². The van der Waals surface area contributed by atoms with Crippen molar-refractivity contribution < 1.29 is 12.6 Å². The van der Waals surface area contributed by atoms with Crippen molar-refractivity contribution in [3.8, 4) is 0 Å². The number of hydrogen-bond acceptors (Lipinski definition) is 6. The van der Waals surface area contributed by atoms with Crippen molar-refractivity contribution in [2.24, 2.45) is 0 Å². The van der Waals surface area contributed by atoms with Gasteiger partial charge in [0.05, 0.1) is 0 Å². The summed E-state index contributed by atoms with van der Waals surface area (Å²) in [5, 5.41) is 1.38. The van der Waals surface area contributed by atoms with Gasteiger partial charge in [0.2, 0.25) is 0 Å². The zero-order chi connectivity index (χ0) is 14.2. The van der Waals surface area contributed by atoms with E-state index in [0.29, 0.717) is 4.96 Å². The van der Waals surface area contributed by atoms with E-state index in [-0.39, 0.29) is 22.6 Å². The molecule has 3 N–H and O–H groups in total. The number of nitrogens with one attached hydrogen (secondary N) is 1. The van der Waals surface area contributed by atoms with Gasteiger partial charge in [0.25, 0.3) is 10.0 Å². The lowest BCUT2D eigenvalue weighted by molar-refractivity contribution is 0.576. The lowest BCUT2D eigenvalue weighted by atomic mass is 10.5. The average Bonchev–Trinajstić information content (AvgIpc) is 2.84. The van der Waals surface area contributed by atoms with Crippen molar-refractivity contribution in [1.29, 1.82) is 0 Å². The van der Waals surface area contributed by atoms with Crippen LogP contribution in [0.2, 0.25) is 0 Å². The van der Waals surface area contributed by atoms with Crippen molar-refractivity contribution in [2.75, 3.05) is 18.5 Å². The second kappa shape index (κ2) is 5.19. The van der Waals surface area contributed by atoms with Crippen LogP contribution in [-0.4, -0.2) is 40.1 Å². The fourth-order valence-electron chi connectivity index (χ4n) is 1.46. The normalized spacial score (nSPS) is 15.7. The Kier molecular flexibility index (Phi) is 3.95. The number of nitrogen functional groups attached to an aromatic ring is 1. The molecule has 0 aliphatic heterocycles. The highest BCUT2D eigenvalue weighted by Gasteiger charge is 2.25. The molecule has 0 radical (unpaired) electrons. The van der Waals surface area contributed by atoms with Crippen molar-refractivity contribution in [3.05, 3.63) is 11.6 Å². The first kappa shape index (κ1) is 14.4. The van der Waals surface area contributed by atoms with Gasteiger partial charge in [0.1, 0.15) is 0 Å². The number of sulfonamides is 1. The van der Waals surface area contributed by atoms with Crippen LogP contribution in [0.4, 0.5) is 5.82 Å². The van der Waals surface area contributed by atoms with Gasteiger partial charge in [0.15, 0.2) is 15.8 Å². The van der Waals surface area contributed by atoms with Crippen LogP contribution in [0.3, 0.4) is 0 Å². The minimum absolute atomic E-state index is 0.0374. The van der Waals surface area contributed by atoms with Crippen LogP contribution in [0, 0.1) is 0 Å². The Morgan fingerprint density at radius 1 is 1.63 bits per heavy atom. The standard InChI is InChI=1S/C9H14N4O3S3/c1-6(18(2)14)5-11-19(15,16)8-7(10)12-9-13(8)3-4-17-9/h3-4,6,11H,5,10H2,1-2H3. The molecule has 2 rings (SSSR count). The molecular weight excluding hydrogens is 308 g/mol. The molecule has 10 heteroatoms. The van der Waals surface area contributed by atoms with E-state index in [1.165, 1.54) is 22.0 Å². The number of anilines is 1. The topological polar surface area (TPSA) is 107 Å². The van der Waals surface area contributed by atoms with Crippen LogP contribution < -0.4 is 10.5 Å². The van der Waals surface area contributed by atoms with E-state index in [9.17, 15) is 12.6 Å². The second-order valence-electron chi connectivity index (χ2n) is 4.02. The fraction of sp³-hybridized carbons (Fsp3) is 0.444. The Balaban J connectivity index is 2.31. The van der Waals surface area contributed by atoms with E-state index < -0.39 is 20.8 Å². The summed E-state index contributed by atoms with van der Waals surface area (Å²) in [6, 6.07) is 0. The number of imidazole rings is 1. The lowest BCUT2D eigenvalue weighted by Gasteiger charge is -2.10. The van der Waals surface area contributed by atoms with Gasteiger partial charge in [-0.1, -0.05) is 0 Å². The van der Waals surface area contributed by atoms with Crippen LogP contribution in [0.25, 0.3) is 4.96 Å².